The average Bonchev–Trinajstić information content (AvgIpc) is 3.46. The van der Waals surface area contributed by atoms with Crippen LogP contribution in [0.3, 0.4) is 0 Å². The molecule has 1 saturated heterocycles. The summed E-state index contributed by atoms with van der Waals surface area (Å²) in [6.45, 7) is 3.27. The molecule has 2 aromatic heterocycles. The summed E-state index contributed by atoms with van der Waals surface area (Å²) in [4.78, 5) is 17.8. The highest BCUT2D eigenvalue weighted by Crippen LogP contribution is 2.33. The summed E-state index contributed by atoms with van der Waals surface area (Å²) in [6.07, 6.45) is 6.26. The Morgan fingerprint density at radius 3 is 2.60 bits per heavy atom. The van der Waals surface area contributed by atoms with E-state index in [2.05, 4.69) is 20.2 Å². The number of carbonyl (C=O) groups is 1. The summed E-state index contributed by atoms with van der Waals surface area (Å²) in [7, 11) is 0. The first-order valence-electron chi connectivity index (χ1n) is 10.2. The van der Waals surface area contributed by atoms with Crippen molar-refractivity contribution >= 4 is 17.0 Å². The van der Waals surface area contributed by atoms with Crippen molar-refractivity contribution in [3.63, 3.8) is 0 Å². The van der Waals surface area contributed by atoms with E-state index in [1.807, 2.05) is 4.68 Å². The van der Waals surface area contributed by atoms with Gasteiger partial charge in [-0.15, -0.1) is 5.10 Å². The number of likely N-dealkylation sites (tertiary alicyclic amines) is 1. The lowest BCUT2D eigenvalue weighted by molar-refractivity contribution is 0.0690. The van der Waals surface area contributed by atoms with E-state index in [-0.39, 0.29) is 17.3 Å². The summed E-state index contributed by atoms with van der Waals surface area (Å²) in [5.41, 5.74) is 0.658. The van der Waals surface area contributed by atoms with Gasteiger partial charge in [0.05, 0.1) is 23.5 Å². The Kier molecular flexibility index (Phi) is 4.69. The fourth-order valence-electron chi connectivity index (χ4n) is 4.18. The van der Waals surface area contributed by atoms with E-state index in [4.69, 9.17) is 5.11 Å². The molecule has 1 saturated carbocycles. The third-order valence-electron chi connectivity index (χ3n) is 6.06. The standard InChI is InChI=1S/C21H21F2N5O2/c22-19-14(3-4-15(20(19)23)21(29)30)16-9-17-18(10-24-16)28(26-25-17)13-5-7-27(8-6-13)11-12-1-2-12/h3-4,9-10,12-13H,1-2,5-8,11H2,(H,29,30). The zero-order valence-corrected chi connectivity index (χ0v) is 16.3. The predicted molar refractivity (Wildman–Crippen MR) is 105 cm³/mol. The molecule has 1 N–H and O–H groups in total. The molecule has 3 aromatic rings. The van der Waals surface area contributed by atoms with E-state index >= 15 is 0 Å². The third-order valence-corrected chi connectivity index (χ3v) is 6.06. The lowest BCUT2D eigenvalue weighted by Crippen LogP contribution is -2.36. The number of hydrogen-bond acceptors (Lipinski definition) is 5. The first-order valence-corrected chi connectivity index (χ1v) is 10.2. The molecule has 2 fully saturated rings. The summed E-state index contributed by atoms with van der Waals surface area (Å²) in [5.74, 6) is -3.28. The summed E-state index contributed by atoms with van der Waals surface area (Å²) in [5, 5.41) is 17.4. The van der Waals surface area contributed by atoms with Crippen molar-refractivity contribution in [3.05, 3.63) is 41.6 Å². The number of rotatable bonds is 5. The van der Waals surface area contributed by atoms with E-state index in [0.29, 0.717) is 5.52 Å². The predicted octanol–water partition coefficient (Wildman–Crippen LogP) is 3.52. The van der Waals surface area contributed by atoms with Crippen LogP contribution in [-0.4, -0.2) is 55.6 Å². The molecule has 2 aliphatic rings. The van der Waals surface area contributed by atoms with Gasteiger partial charge in [-0.3, -0.25) is 4.98 Å². The van der Waals surface area contributed by atoms with Crippen molar-refractivity contribution in [1.29, 1.82) is 0 Å². The van der Waals surface area contributed by atoms with Crippen LogP contribution in [0.1, 0.15) is 42.1 Å². The Hall–Kier alpha value is -2.94. The number of pyridine rings is 1. The number of piperidine rings is 1. The second-order valence-electron chi connectivity index (χ2n) is 8.16. The van der Waals surface area contributed by atoms with Crippen LogP contribution in [0.25, 0.3) is 22.3 Å². The van der Waals surface area contributed by atoms with Crippen molar-refractivity contribution in [2.24, 2.45) is 5.92 Å². The largest absolute Gasteiger partial charge is 0.478 e. The van der Waals surface area contributed by atoms with Crippen LogP contribution in [0.15, 0.2) is 24.4 Å². The first-order chi connectivity index (χ1) is 14.5. The molecule has 0 radical (unpaired) electrons. The maximum absolute atomic E-state index is 14.4. The van der Waals surface area contributed by atoms with Gasteiger partial charge in [-0.1, -0.05) is 5.21 Å². The molecule has 0 unspecified atom stereocenters. The van der Waals surface area contributed by atoms with Gasteiger partial charge >= 0.3 is 5.97 Å². The molecule has 0 bridgehead atoms. The maximum atomic E-state index is 14.4. The highest BCUT2D eigenvalue weighted by atomic mass is 19.2. The molecule has 3 heterocycles. The molecule has 1 aliphatic heterocycles. The molecular weight excluding hydrogens is 392 g/mol. The van der Waals surface area contributed by atoms with Gasteiger partial charge in [0.1, 0.15) is 11.0 Å². The minimum Gasteiger partial charge on any atom is -0.478 e. The van der Waals surface area contributed by atoms with Crippen LogP contribution in [0, 0.1) is 17.6 Å². The molecule has 5 rings (SSSR count). The number of carboxylic acid groups (broad SMARTS) is 1. The Morgan fingerprint density at radius 1 is 1.13 bits per heavy atom. The Labute approximate surface area is 171 Å². The number of aromatic carboxylic acids is 1. The van der Waals surface area contributed by atoms with E-state index in [0.717, 1.165) is 43.4 Å². The molecule has 30 heavy (non-hydrogen) atoms. The number of hydrogen-bond donors (Lipinski definition) is 1. The van der Waals surface area contributed by atoms with Crippen molar-refractivity contribution in [2.75, 3.05) is 19.6 Å². The Bertz CT molecular complexity index is 1120. The van der Waals surface area contributed by atoms with Gasteiger partial charge < -0.3 is 10.0 Å². The number of carboxylic acids is 1. The molecule has 7 nitrogen and oxygen atoms in total. The van der Waals surface area contributed by atoms with Gasteiger partial charge in [-0.05, 0) is 49.8 Å². The number of benzene rings is 1. The summed E-state index contributed by atoms with van der Waals surface area (Å²) >= 11 is 0. The van der Waals surface area contributed by atoms with Crippen molar-refractivity contribution < 1.29 is 18.7 Å². The average molecular weight is 413 g/mol. The van der Waals surface area contributed by atoms with E-state index in [1.165, 1.54) is 25.5 Å². The second kappa shape index (κ2) is 7.39. The van der Waals surface area contributed by atoms with Crippen LogP contribution < -0.4 is 0 Å². The lowest BCUT2D eigenvalue weighted by Gasteiger charge is -2.32. The zero-order valence-electron chi connectivity index (χ0n) is 16.3. The minimum atomic E-state index is -1.52. The molecule has 1 aromatic carbocycles. The first kappa shape index (κ1) is 19.0. The molecule has 1 aliphatic carbocycles. The Balaban J connectivity index is 1.39. The van der Waals surface area contributed by atoms with Crippen LogP contribution >= 0.6 is 0 Å². The monoisotopic (exact) mass is 413 g/mol. The van der Waals surface area contributed by atoms with Crippen molar-refractivity contribution in [2.45, 2.75) is 31.7 Å². The Morgan fingerprint density at radius 2 is 1.90 bits per heavy atom. The van der Waals surface area contributed by atoms with Gasteiger partial charge in [0.15, 0.2) is 11.6 Å². The van der Waals surface area contributed by atoms with E-state index in [1.54, 1.807) is 12.3 Å². The van der Waals surface area contributed by atoms with Gasteiger partial charge in [-0.25, -0.2) is 18.3 Å². The van der Waals surface area contributed by atoms with Crippen molar-refractivity contribution in [1.82, 2.24) is 24.9 Å². The second-order valence-corrected chi connectivity index (χ2v) is 8.16. The van der Waals surface area contributed by atoms with Crippen LogP contribution in [0.5, 0.6) is 0 Å². The normalized spacial score (nSPS) is 18.2. The van der Waals surface area contributed by atoms with E-state index < -0.39 is 23.2 Å². The topological polar surface area (TPSA) is 84.1 Å². The smallest absolute Gasteiger partial charge is 0.338 e. The van der Waals surface area contributed by atoms with Crippen LogP contribution in [0.2, 0.25) is 0 Å². The fourth-order valence-corrected chi connectivity index (χ4v) is 4.18. The summed E-state index contributed by atoms with van der Waals surface area (Å²) < 4.78 is 30.3. The molecular formula is C21H21F2N5O2. The number of nitrogens with zero attached hydrogens (tertiary/aromatic N) is 5. The highest BCUT2D eigenvalue weighted by Gasteiger charge is 2.28. The number of aromatic nitrogens is 4. The van der Waals surface area contributed by atoms with E-state index in [9.17, 15) is 13.6 Å². The zero-order chi connectivity index (χ0) is 20.8. The quantitative estimate of drug-likeness (QED) is 0.689. The SMILES string of the molecule is O=C(O)c1ccc(-c2cc3nnn(C4CCN(CC5CC5)CC4)c3cn2)c(F)c1F. The maximum Gasteiger partial charge on any atom is 0.338 e. The van der Waals surface area contributed by atoms with Crippen molar-refractivity contribution in [3.8, 4) is 11.3 Å². The fraction of sp³-hybridized carbons (Fsp3) is 0.429. The lowest BCUT2D eigenvalue weighted by atomic mass is 10.0. The third kappa shape index (κ3) is 3.43. The minimum absolute atomic E-state index is 0.109. The molecule has 0 amide bonds. The number of fused-ring (bicyclic) bond motifs is 1. The van der Waals surface area contributed by atoms with Crippen LogP contribution in [-0.2, 0) is 0 Å². The molecule has 0 spiro atoms. The van der Waals surface area contributed by atoms with Gasteiger partial charge in [0.25, 0.3) is 0 Å². The van der Waals surface area contributed by atoms with Gasteiger partial charge in [0, 0.05) is 25.2 Å². The summed E-state index contributed by atoms with van der Waals surface area (Å²) in [6, 6.07) is 4.05. The molecule has 9 heteroatoms. The van der Waals surface area contributed by atoms with Gasteiger partial charge in [0.2, 0.25) is 0 Å². The van der Waals surface area contributed by atoms with Crippen LogP contribution in [0.4, 0.5) is 8.78 Å². The highest BCUT2D eigenvalue weighted by molar-refractivity contribution is 5.89. The molecule has 0 atom stereocenters. The molecule has 156 valence electrons. The number of halogens is 2. The van der Waals surface area contributed by atoms with Gasteiger partial charge in [-0.2, -0.15) is 0 Å².